The average molecular weight is 257 g/mol. The van der Waals surface area contributed by atoms with Gasteiger partial charge in [0.2, 0.25) is 5.91 Å². The number of carbonyl (C=O) groups is 1. The Kier molecular flexibility index (Phi) is 8.20. The van der Waals surface area contributed by atoms with Crippen molar-refractivity contribution in [3.05, 3.63) is 0 Å². The van der Waals surface area contributed by atoms with Gasteiger partial charge in [0.1, 0.15) is 0 Å². The fourth-order valence-corrected chi connectivity index (χ4v) is 1.81. The number of nitrogens with zero attached hydrogens (tertiary/aromatic N) is 1. The Hall–Kier alpha value is -0.610. The van der Waals surface area contributed by atoms with Crippen LogP contribution in [0.2, 0.25) is 0 Å². The Morgan fingerprint density at radius 3 is 2.50 bits per heavy atom. The SMILES string of the molecule is CCCCCNC(=O)C(C)N(C)CC(C)(C)CN. The maximum absolute atomic E-state index is 11.9. The summed E-state index contributed by atoms with van der Waals surface area (Å²) in [5.41, 5.74) is 5.76. The maximum Gasteiger partial charge on any atom is 0.237 e. The summed E-state index contributed by atoms with van der Waals surface area (Å²) in [5.74, 6) is 0.112. The van der Waals surface area contributed by atoms with E-state index in [1.54, 1.807) is 0 Å². The number of nitrogens with two attached hydrogens (primary N) is 1. The third-order valence-electron chi connectivity index (χ3n) is 3.35. The Morgan fingerprint density at radius 2 is 2.00 bits per heavy atom. The fraction of sp³-hybridized carbons (Fsp3) is 0.929. The summed E-state index contributed by atoms with van der Waals surface area (Å²) in [6.07, 6.45) is 3.41. The Bertz CT molecular complexity index is 241. The number of hydrogen-bond donors (Lipinski definition) is 2. The Morgan fingerprint density at radius 1 is 1.39 bits per heavy atom. The van der Waals surface area contributed by atoms with Crippen molar-refractivity contribution < 1.29 is 4.79 Å². The monoisotopic (exact) mass is 257 g/mol. The summed E-state index contributed by atoms with van der Waals surface area (Å²) in [5, 5.41) is 2.99. The van der Waals surface area contributed by atoms with Crippen LogP contribution in [0.4, 0.5) is 0 Å². The molecule has 18 heavy (non-hydrogen) atoms. The van der Waals surface area contributed by atoms with E-state index in [4.69, 9.17) is 5.73 Å². The van der Waals surface area contributed by atoms with Crippen molar-refractivity contribution >= 4 is 5.91 Å². The highest BCUT2D eigenvalue weighted by Gasteiger charge is 2.24. The molecule has 1 atom stereocenters. The summed E-state index contributed by atoms with van der Waals surface area (Å²) in [4.78, 5) is 14.0. The fourth-order valence-electron chi connectivity index (χ4n) is 1.81. The van der Waals surface area contributed by atoms with E-state index in [1.807, 2.05) is 14.0 Å². The van der Waals surface area contributed by atoms with Crippen molar-refractivity contribution in [1.29, 1.82) is 0 Å². The zero-order valence-electron chi connectivity index (χ0n) is 12.8. The molecular formula is C14H31N3O. The van der Waals surface area contributed by atoms with Crippen molar-refractivity contribution in [3.8, 4) is 0 Å². The molecule has 0 heterocycles. The normalized spacial score (nSPS) is 13.7. The van der Waals surface area contributed by atoms with Gasteiger partial charge < -0.3 is 11.1 Å². The second-order valence-electron chi connectivity index (χ2n) is 5.96. The highest BCUT2D eigenvalue weighted by atomic mass is 16.2. The number of nitrogens with one attached hydrogen (secondary N) is 1. The molecule has 0 rings (SSSR count). The Labute approximate surface area is 112 Å². The van der Waals surface area contributed by atoms with Crippen molar-refractivity contribution in [2.24, 2.45) is 11.1 Å². The summed E-state index contributed by atoms with van der Waals surface area (Å²) in [7, 11) is 1.98. The van der Waals surface area contributed by atoms with E-state index in [-0.39, 0.29) is 17.4 Å². The van der Waals surface area contributed by atoms with Crippen LogP contribution in [0, 0.1) is 5.41 Å². The van der Waals surface area contributed by atoms with Crippen molar-refractivity contribution in [2.45, 2.75) is 53.0 Å². The molecular weight excluding hydrogens is 226 g/mol. The van der Waals surface area contributed by atoms with E-state index in [1.165, 1.54) is 12.8 Å². The van der Waals surface area contributed by atoms with Gasteiger partial charge in [-0.05, 0) is 32.4 Å². The minimum Gasteiger partial charge on any atom is -0.355 e. The van der Waals surface area contributed by atoms with Gasteiger partial charge in [0.25, 0.3) is 0 Å². The van der Waals surface area contributed by atoms with Gasteiger partial charge in [-0.1, -0.05) is 33.6 Å². The number of amides is 1. The first-order chi connectivity index (χ1) is 8.34. The van der Waals surface area contributed by atoms with Gasteiger partial charge in [-0.15, -0.1) is 0 Å². The van der Waals surface area contributed by atoms with Crippen LogP contribution in [0.5, 0.6) is 0 Å². The Balaban J connectivity index is 4.04. The van der Waals surface area contributed by atoms with E-state index in [0.29, 0.717) is 6.54 Å². The highest BCUT2D eigenvalue weighted by molar-refractivity contribution is 5.81. The minimum atomic E-state index is -0.0996. The molecule has 0 fully saturated rings. The quantitative estimate of drug-likeness (QED) is 0.617. The van der Waals surface area contributed by atoms with Crippen LogP contribution in [0.25, 0.3) is 0 Å². The third kappa shape index (κ3) is 6.97. The number of unbranched alkanes of at least 4 members (excludes halogenated alkanes) is 2. The van der Waals surface area contributed by atoms with E-state index in [2.05, 4.69) is 31.0 Å². The van der Waals surface area contributed by atoms with Gasteiger partial charge in [-0.3, -0.25) is 9.69 Å². The van der Waals surface area contributed by atoms with Gasteiger partial charge in [0, 0.05) is 13.1 Å². The van der Waals surface area contributed by atoms with Gasteiger partial charge in [0.15, 0.2) is 0 Å². The topological polar surface area (TPSA) is 58.4 Å². The lowest BCUT2D eigenvalue weighted by atomic mass is 9.93. The van der Waals surface area contributed by atoms with Crippen LogP contribution in [0.1, 0.15) is 47.0 Å². The minimum absolute atomic E-state index is 0.0471. The van der Waals surface area contributed by atoms with Crippen LogP contribution < -0.4 is 11.1 Å². The molecule has 108 valence electrons. The molecule has 0 aromatic heterocycles. The first-order valence-corrected chi connectivity index (χ1v) is 7.02. The van der Waals surface area contributed by atoms with Crippen LogP contribution in [-0.4, -0.2) is 43.5 Å². The average Bonchev–Trinajstić information content (AvgIpc) is 2.32. The zero-order valence-corrected chi connectivity index (χ0v) is 12.8. The summed E-state index contributed by atoms with van der Waals surface area (Å²) < 4.78 is 0. The molecule has 1 amide bonds. The molecule has 4 heteroatoms. The molecule has 0 spiro atoms. The lowest BCUT2D eigenvalue weighted by molar-refractivity contribution is -0.125. The molecule has 0 aromatic carbocycles. The molecule has 3 N–H and O–H groups in total. The van der Waals surface area contributed by atoms with Gasteiger partial charge >= 0.3 is 0 Å². The molecule has 1 unspecified atom stereocenters. The lowest BCUT2D eigenvalue weighted by Gasteiger charge is -2.32. The van der Waals surface area contributed by atoms with Crippen molar-refractivity contribution in [2.75, 3.05) is 26.7 Å². The second-order valence-corrected chi connectivity index (χ2v) is 5.96. The predicted molar refractivity (Wildman–Crippen MR) is 77.5 cm³/mol. The number of hydrogen-bond acceptors (Lipinski definition) is 3. The van der Waals surface area contributed by atoms with E-state index < -0.39 is 0 Å². The van der Waals surface area contributed by atoms with E-state index in [0.717, 1.165) is 19.5 Å². The summed E-state index contributed by atoms with van der Waals surface area (Å²) in [6, 6.07) is -0.0996. The third-order valence-corrected chi connectivity index (χ3v) is 3.35. The molecule has 0 aliphatic carbocycles. The van der Waals surface area contributed by atoms with Crippen LogP contribution in [0.3, 0.4) is 0 Å². The standard InChI is InChI=1S/C14H31N3O/c1-6-7-8-9-16-13(18)12(2)17(5)11-14(3,4)10-15/h12H,6-11,15H2,1-5H3,(H,16,18). The van der Waals surface area contributed by atoms with Gasteiger partial charge in [0.05, 0.1) is 6.04 Å². The van der Waals surface area contributed by atoms with E-state index >= 15 is 0 Å². The number of carbonyl (C=O) groups excluding carboxylic acids is 1. The maximum atomic E-state index is 11.9. The van der Waals surface area contributed by atoms with Crippen LogP contribution >= 0.6 is 0 Å². The van der Waals surface area contributed by atoms with Crippen molar-refractivity contribution in [1.82, 2.24) is 10.2 Å². The highest BCUT2D eigenvalue weighted by Crippen LogP contribution is 2.15. The van der Waals surface area contributed by atoms with Gasteiger partial charge in [-0.2, -0.15) is 0 Å². The lowest BCUT2D eigenvalue weighted by Crippen LogP contribution is -2.47. The second kappa shape index (κ2) is 8.48. The van der Waals surface area contributed by atoms with Crippen molar-refractivity contribution in [3.63, 3.8) is 0 Å². The summed E-state index contributed by atoms with van der Waals surface area (Å²) in [6.45, 7) is 10.6. The summed E-state index contributed by atoms with van der Waals surface area (Å²) >= 11 is 0. The van der Waals surface area contributed by atoms with Gasteiger partial charge in [-0.25, -0.2) is 0 Å². The van der Waals surface area contributed by atoms with Crippen LogP contribution in [0.15, 0.2) is 0 Å². The first-order valence-electron chi connectivity index (χ1n) is 7.02. The van der Waals surface area contributed by atoms with Crippen LogP contribution in [-0.2, 0) is 4.79 Å². The first kappa shape index (κ1) is 17.4. The molecule has 0 bridgehead atoms. The predicted octanol–water partition coefficient (Wildman–Crippen LogP) is 1.60. The molecule has 4 nitrogen and oxygen atoms in total. The molecule has 0 saturated heterocycles. The number of rotatable bonds is 9. The van der Waals surface area contributed by atoms with E-state index in [9.17, 15) is 4.79 Å². The smallest absolute Gasteiger partial charge is 0.237 e. The largest absolute Gasteiger partial charge is 0.355 e. The molecule has 0 saturated carbocycles. The molecule has 0 aliphatic rings. The zero-order chi connectivity index (χ0) is 14.2. The molecule has 0 aromatic rings. The molecule has 0 radical (unpaired) electrons. The number of likely N-dealkylation sites (N-methyl/N-ethyl adjacent to an activating group) is 1. The molecule has 0 aliphatic heterocycles.